The number of methoxy groups -OCH3 is 5. The lowest BCUT2D eigenvalue weighted by Crippen LogP contribution is -2.02. The fourth-order valence-corrected chi connectivity index (χ4v) is 12.7. The van der Waals surface area contributed by atoms with E-state index in [1.807, 2.05) is 152 Å². The Kier molecular flexibility index (Phi) is 27.9. The maximum absolute atomic E-state index is 11.8. The third-order valence-corrected chi connectivity index (χ3v) is 19.4. The van der Waals surface area contributed by atoms with Crippen molar-refractivity contribution in [2.45, 2.75) is 0 Å². The number of para-hydroxylation sites is 1. The number of aromatic nitrogens is 12. The molecule has 0 aliphatic heterocycles. The highest BCUT2D eigenvalue weighted by molar-refractivity contribution is 5.92. The molecule has 17 aromatic rings. The fraction of sp³-hybridized carbons (Fsp3) is 0.0505. The second-order valence-corrected chi connectivity index (χ2v) is 27.9. The number of aromatic hydroxyl groups is 4. The topological polar surface area (TPSA) is 446 Å². The van der Waals surface area contributed by atoms with Gasteiger partial charge >= 0.3 is 23.9 Å². The summed E-state index contributed by atoms with van der Waals surface area (Å²) in [7, 11) is 6.82. The Balaban J connectivity index is 0.000000141. The summed E-state index contributed by atoms with van der Waals surface area (Å²) in [6.45, 7) is 0. The molecule has 131 heavy (non-hydrogen) atoms. The van der Waals surface area contributed by atoms with E-state index >= 15 is 0 Å². The molecule has 0 saturated heterocycles. The SMILES string of the molecule is COC(=O)c1ccc(-c2nc(-c3ccccc3)nc(-c3cc(OC)ccc3O)n2)cc1.COC(=O)c1ccc(-c2nc(-c3ccccc3)nc(-c3cc(Oc4ccccc4)ccc3O)n2)cc1.COC(=O)c1ccc(-c2nc(-c3ccccc3)nc(-c3cc([N+](=O)[O-])ccc3O)n2)cc1.COC(=O)c1ccc(-c2nc(-c3ccccc3)nc(-c3cc([N+](=O)[O-])ccc3O)n2)cc1. The van der Waals surface area contributed by atoms with Crippen LogP contribution >= 0.6 is 0 Å². The summed E-state index contributed by atoms with van der Waals surface area (Å²) in [5.41, 5.74) is 7.74. The van der Waals surface area contributed by atoms with Gasteiger partial charge in [0.25, 0.3) is 11.4 Å². The van der Waals surface area contributed by atoms with Crippen molar-refractivity contribution in [1.29, 1.82) is 0 Å². The van der Waals surface area contributed by atoms with Crippen LogP contribution < -0.4 is 9.47 Å². The quantitative estimate of drug-likeness (QED) is 0.0225. The van der Waals surface area contributed by atoms with E-state index in [1.165, 1.54) is 70.9 Å². The molecule has 0 amide bonds. The second-order valence-electron chi connectivity index (χ2n) is 27.9. The maximum atomic E-state index is 11.8. The molecule has 32 heteroatoms. The largest absolute Gasteiger partial charge is 0.507 e. The number of phenols is 4. The van der Waals surface area contributed by atoms with E-state index in [9.17, 15) is 59.8 Å². The molecule has 4 heterocycles. The van der Waals surface area contributed by atoms with Crippen molar-refractivity contribution in [3.05, 3.63) is 364 Å². The highest BCUT2D eigenvalue weighted by atomic mass is 16.6. The van der Waals surface area contributed by atoms with E-state index in [0.717, 1.165) is 11.1 Å². The number of hydrogen-bond acceptors (Lipinski definition) is 30. The molecule has 17 rings (SSSR count). The predicted octanol–water partition coefficient (Wildman–Crippen LogP) is 19.1. The summed E-state index contributed by atoms with van der Waals surface area (Å²) in [6.07, 6.45) is 0. The Morgan fingerprint density at radius 1 is 0.237 bits per heavy atom. The molecule has 13 aromatic carbocycles. The maximum Gasteiger partial charge on any atom is 0.337 e. The number of carbonyl (C=O) groups is 4. The number of rotatable bonds is 21. The van der Waals surface area contributed by atoms with E-state index in [4.69, 9.17) is 28.4 Å². The Morgan fingerprint density at radius 2 is 0.443 bits per heavy atom. The van der Waals surface area contributed by atoms with Gasteiger partial charge in [0.05, 0.1) is 89.9 Å². The number of esters is 4. The Hall–Kier alpha value is -18.6. The predicted molar refractivity (Wildman–Crippen MR) is 483 cm³/mol. The minimum absolute atomic E-state index is 0.00705. The number of nitro groups is 2. The molecule has 0 unspecified atom stereocenters. The summed E-state index contributed by atoms with van der Waals surface area (Å²) < 4.78 is 30.2. The normalized spacial score (nSPS) is 10.5. The molecule has 0 saturated carbocycles. The molecule has 0 aliphatic carbocycles. The summed E-state index contributed by atoms with van der Waals surface area (Å²) in [6, 6.07) is 90.2. The van der Waals surface area contributed by atoms with Crippen molar-refractivity contribution in [2.75, 3.05) is 35.5 Å². The van der Waals surface area contributed by atoms with Crippen molar-refractivity contribution in [3.8, 4) is 177 Å². The minimum Gasteiger partial charge on any atom is -0.507 e. The van der Waals surface area contributed by atoms with Crippen LogP contribution in [0.2, 0.25) is 0 Å². The third-order valence-electron chi connectivity index (χ3n) is 19.4. The number of phenolic OH excluding ortho intramolecular Hbond substituents is 4. The first-order valence-electron chi connectivity index (χ1n) is 39.5. The standard InChI is InChI=1S/C29H21N3O4.C24H19N3O4.2C23H16N4O5/c1-35-29(34)21-14-12-20(13-15-21)27-30-26(19-8-4-2-5-9-19)31-28(32-27)24-18-23(16-17-25(24)33)36-22-10-6-3-7-11-22;1-30-18-12-13-20(28)19(14-18)23-26-21(15-6-4-3-5-7-15)25-22(27-23)16-8-10-17(11-9-16)24(29)31-2;2*1-32-23(29)16-9-7-15(8-10-16)21-24-20(14-5-3-2-4-6-14)25-22(26-21)18-13-17(27(30)31)11-12-19(18)28/h2-18,33H,1H3;3-14,28H,1-2H3;2*2-13,28H,1H3. The van der Waals surface area contributed by atoms with E-state index in [2.05, 4.69) is 59.8 Å². The van der Waals surface area contributed by atoms with Crippen LogP contribution in [0.1, 0.15) is 41.4 Å². The average molecular weight is 1750 g/mol. The first-order valence-corrected chi connectivity index (χ1v) is 39.5. The number of ether oxygens (including phenoxy) is 6. The highest BCUT2D eigenvalue weighted by Gasteiger charge is 2.24. The molecule has 0 spiro atoms. The van der Waals surface area contributed by atoms with Gasteiger partial charge in [0.2, 0.25) is 0 Å². The number of hydrogen-bond donors (Lipinski definition) is 4. The van der Waals surface area contributed by atoms with Gasteiger partial charge in [-0.05, 0) is 109 Å². The van der Waals surface area contributed by atoms with E-state index < -0.39 is 33.7 Å². The zero-order chi connectivity index (χ0) is 92.0. The molecule has 0 aliphatic rings. The van der Waals surface area contributed by atoms with Gasteiger partial charge in [0.15, 0.2) is 69.9 Å². The molecule has 32 nitrogen and oxygen atoms in total. The van der Waals surface area contributed by atoms with E-state index in [1.54, 1.807) is 135 Å². The molecule has 0 atom stereocenters. The Bertz CT molecular complexity index is 6820. The van der Waals surface area contributed by atoms with Crippen LogP contribution in [0.4, 0.5) is 11.4 Å². The van der Waals surface area contributed by atoms with Gasteiger partial charge in [-0.2, -0.15) is 0 Å². The van der Waals surface area contributed by atoms with Crippen molar-refractivity contribution < 1.29 is 77.9 Å². The smallest absolute Gasteiger partial charge is 0.337 e. The zero-order valence-corrected chi connectivity index (χ0v) is 69.9. The first kappa shape index (κ1) is 88.7. The van der Waals surface area contributed by atoms with Crippen LogP contribution in [-0.4, -0.2) is 150 Å². The zero-order valence-electron chi connectivity index (χ0n) is 69.9. The van der Waals surface area contributed by atoms with Gasteiger partial charge in [-0.3, -0.25) is 20.2 Å². The lowest BCUT2D eigenvalue weighted by Gasteiger charge is -2.11. The van der Waals surface area contributed by atoms with E-state index in [-0.39, 0.29) is 74.6 Å². The summed E-state index contributed by atoms with van der Waals surface area (Å²) in [5, 5.41) is 64.2. The van der Waals surface area contributed by atoms with Crippen LogP contribution in [0, 0.1) is 20.2 Å². The molecule has 0 fully saturated rings. The van der Waals surface area contributed by atoms with Crippen LogP contribution in [0.5, 0.6) is 40.2 Å². The summed E-state index contributed by atoms with van der Waals surface area (Å²) in [4.78, 5) is 123. The lowest BCUT2D eigenvalue weighted by molar-refractivity contribution is -0.385. The number of nitro benzene ring substituents is 2. The number of nitrogens with zero attached hydrogens (tertiary/aromatic N) is 14. The summed E-state index contributed by atoms with van der Waals surface area (Å²) in [5.74, 6) is 3.24. The van der Waals surface area contributed by atoms with Gasteiger partial charge in [-0.1, -0.05) is 188 Å². The van der Waals surface area contributed by atoms with Gasteiger partial charge in [-0.25, -0.2) is 79.0 Å². The molecule has 4 aromatic heterocycles. The van der Waals surface area contributed by atoms with Crippen molar-refractivity contribution in [1.82, 2.24) is 59.8 Å². The lowest BCUT2D eigenvalue weighted by atomic mass is 10.1. The van der Waals surface area contributed by atoms with Crippen LogP contribution in [-0.2, 0) is 18.9 Å². The fourth-order valence-electron chi connectivity index (χ4n) is 12.7. The number of carbonyl (C=O) groups excluding carboxylic acids is 4. The van der Waals surface area contributed by atoms with Crippen molar-refractivity contribution >= 4 is 35.3 Å². The van der Waals surface area contributed by atoms with Crippen LogP contribution in [0.3, 0.4) is 0 Å². The van der Waals surface area contributed by atoms with Crippen molar-refractivity contribution in [2.24, 2.45) is 0 Å². The molecule has 4 N–H and O–H groups in total. The van der Waals surface area contributed by atoms with Crippen LogP contribution in [0.25, 0.3) is 137 Å². The minimum atomic E-state index is -0.561. The van der Waals surface area contributed by atoms with Crippen LogP contribution in [0.15, 0.2) is 322 Å². The highest BCUT2D eigenvalue weighted by Crippen LogP contribution is 2.39. The molecular formula is C99H72N14O18. The van der Waals surface area contributed by atoms with E-state index in [0.29, 0.717) is 125 Å². The average Bonchev–Trinajstić information content (AvgIpc) is 0.801. The Labute approximate surface area is 745 Å². The first-order chi connectivity index (χ1) is 63.6. The number of benzene rings is 13. The molecule has 646 valence electrons. The second kappa shape index (κ2) is 41.2. The van der Waals surface area contributed by atoms with Gasteiger partial charge in [0, 0.05) is 68.8 Å². The summed E-state index contributed by atoms with van der Waals surface area (Å²) >= 11 is 0. The van der Waals surface area contributed by atoms with Gasteiger partial charge < -0.3 is 48.8 Å². The monoisotopic (exact) mass is 1740 g/mol. The third kappa shape index (κ3) is 21.8. The van der Waals surface area contributed by atoms with Gasteiger partial charge in [0.1, 0.15) is 40.2 Å². The molecule has 0 radical (unpaired) electrons. The number of non-ortho nitro benzene ring substituents is 2. The molecule has 0 bridgehead atoms. The molecular weight excluding hydrogens is 1670 g/mol. The van der Waals surface area contributed by atoms with Gasteiger partial charge in [-0.15, -0.1) is 0 Å². The van der Waals surface area contributed by atoms with Crippen molar-refractivity contribution in [3.63, 3.8) is 0 Å². The Morgan fingerprint density at radius 3 is 0.679 bits per heavy atom.